The van der Waals surface area contributed by atoms with Crippen LogP contribution in [0.15, 0.2) is 66.7 Å². The molecule has 0 aliphatic rings. The van der Waals surface area contributed by atoms with E-state index in [1.165, 1.54) is 11.3 Å². The minimum absolute atomic E-state index is 0.0337. The number of carbonyl (C=O) groups excluding carboxylic acids is 3. The molecule has 0 aliphatic heterocycles. The molecule has 0 radical (unpaired) electrons. The molecule has 2 N–H and O–H groups in total. The first kappa shape index (κ1) is 21.3. The Kier molecular flexibility index (Phi) is 6.31. The molecule has 3 rings (SSSR count). The third-order valence-electron chi connectivity index (χ3n) is 4.02. The largest absolute Gasteiger partial charge is 0.416 e. The average molecular weight is 432 g/mol. The summed E-state index contributed by atoms with van der Waals surface area (Å²) in [7, 11) is 0. The second-order valence-electron chi connectivity index (χ2n) is 6.17. The zero-order chi connectivity index (χ0) is 21.7. The van der Waals surface area contributed by atoms with Crippen molar-refractivity contribution in [2.24, 2.45) is 0 Å². The summed E-state index contributed by atoms with van der Waals surface area (Å²) in [6, 6.07) is 15.8. The molecule has 5 nitrogen and oxygen atoms in total. The summed E-state index contributed by atoms with van der Waals surface area (Å²) < 4.78 is 37.6. The SMILES string of the molecule is O=C(NCc1ccc(C(=O)c2ccccc2)s1)C(=O)Nc1ccc(C(F)(F)F)cc1. The fourth-order valence-corrected chi connectivity index (χ4v) is 3.41. The molecule has 9 heteroatoms. The van der Waals surface area contributed by atoms with E-state index in [0.717, 1.165) is 24.3 Å². The number of anilines is 1. The molecule has 2 aromatic carbocycles. The van der Waals surface area contributed by atoms with E-state index in [0.29, 0.717) is 15.3 Å². The zero-order valence-corrected chi connectivity index (χ0v) is 16.1. The average Bonchev–Trinajstić information content (AvgIpc) is 3.21. The van der Waals surface area contributed by atoms with Gasteiger partial charge in [0, 0.05) is 16.1 Å². The van der Waals surface area contributed by atoms with E-state index < -0.39 is 23.6 Å². The van der Waals surface area contributed by atoms with E-state index in [2.05, 4.69) is 10.6 Å². The molecule has 1 aromatic heterocycles. The van der Waals surface area contributed by atoms with E-state index in [-0.39, 0.29) is 18.0 Å². The van der Waals surface area contributed by atoms with Gasteiger partial charge in [0.15, 0.2) is 0 Å². The van der Waals surface area contributed by atoms with Crippen molar-refractivity contribution >= 4 is 34.6 Å². The number of carbonyl (C=O) groups is 3. The quantitative estimate of drug-likeness (QED) is 0.468. The van der Waals surface area contributed by atoms with Crippen LogP contribution in [0.25, 0.3) is 0 Å². The van der Waals surface area contributed by atoms with Gasteiger partial charge in [-0.2, -0.15) is 13.2 Å². The number of nitrogens with one attached hydrogen (secondary N) is 2. The van der Waals surface area contributed by atoms with Crippen LogP contribution in [0.4, 0.5) is 18.9 Å². The molecule has 3 aromatic rings. The summed E-state index contributed by atoms with van der Waals surface area (Å²) in [5.74, 6) is -2.09. The van der Waals surface area contributed by atoms with Crippen LogP contribution in [0, 0.1) is 0 Å². The van der Waals surface area contributed by atoms with E-state index in [4.69, 9.17) is 0 Å². The van der Waals surface area contributed by atoms with Crippen molar-refractivity contribution in [3.05, 3.63) is 87.6 Å². The Balaban J connectivity index is 1.54. The van der Waals surface area contributed by atoms with Gasteiger partial charge in [0.25, 0.3) is 0 Å². The molecule has 30 heavy (non-hydrogen) atoms. The highest BCUT2D eigenvalue weighted by Gasteiger charge is 2.30. The van der Waals surface area contributed by atoms with Crippen LogP contribution in [-0.4, -0.2) is 17.6 Å². The lowest BCUT2D eigenvalue weighted by Gasteiger charge is -2.09. The van der Waals surface area contributed by atoms with Gasteiger partial charge in [-0.25, -0.2) is 0 Å². The van der Waals surface area contributed by atoms with Gasteiger partial charge in [0.2, 0.25) is 5.78 Å². The van der Waals surface area contributed by atoms with Crippen LogP contribution in [0.3, 0.4) is 0 Å². The molecular formula is C21H15F3N2O3S. The standard InChI is InChI=1S/C21H15F3N2O3S/c22-21(23,24)14-6-8-15(9-7-14)26-20(29)19(28)25-12-16-10-11-17(30-16)18(27)13-4-2-1-3-5-13/h1-11H,12H2,(H,25,28)(H,26,29). The maximum Gasteiger partial charge on any atom is 0.416 e. The third kappa shape index (κ3) is 5.32. The summed E-state index contributed by atoms with van der Waals surface area (Å²) in [5, 5.41) is 4.65. The van der Waals surface area contributed by atoms with Crippen molar-refractivity contribution in [1.29, 1.82) is 0 Å². The topological polar surface area (TPSA) is 75.3 Å². The van der Waals surface area contributed by atoms with Gasteiger partial charge in [0.05, 0.1) is 17.0 Å². The number of hydrogen-bond donors (Lipinski definition) is 2. The predicted octanol–water partition coefficient (Wildman–Crippen LogP) is 4.25. The number of alkyl halides is 3. The van der Waals surface area contributed by atoms with Crippen molar-refractivity contribution < 1.29 is 27.6 Å². The Hall–Kier alpha value is -3.46. The lowest BCUT2D eigenvalue weighted by Crippen LogP contribution is -2.34. The molecule has 154 valence electrons. The van der Waals surface area contributed by atoms with E-state index >= 15 is 0 Å². The lowest BCUT2D eigenvalue weighted by atomic mass is 10.1. The van der Waals surface area contributed by atoms with Crippen LogP contribution in [-0.2, 0) is 22.3 Å². The Morgan fingerprint density at radius 2 is 1.50 bits per heavy atom. The minimum Gasteiger partial charge on any atom is -0.343 e. The molecule has 0 atom stereocenters. The van der Waals surface area contributed by atoms with Gasteiger partial charge in [-0.3, -0.25) is 14.4 Å². The van der Waals surface area contributed by atoms with Crippen molar-refractivity contribution in [3.8, 4) is 0 Å². The van der Waals surface area contributed by atoms with E-state index in [9.17, 15) is 27.6 Å². The van der Waals surface area contributed by atoms with Crippen molar-refractivity contribution in [2.45, 2.75) is 12.7 Å². The van der Waals surface area contributed by atoms with Crippen LogP contribution in [0.5, 0.6) is 0 Å². The molecular weight excluding hydrogens is 417 g/mol. The number of halogens is 3. The molecule has 0 unspecified atom stereocenters. The second-order valence-corrected chi connectivity index (χ2v) is 7.34. The molecule has 0 saturated carbocycles. The van der Waals surface area contributed by atoms with Crippen LogP contribution in [0.2, 0.25) is 0 Å². The first-order valence-electron chi connectivity index (χ1n) is 8.69. The van der Waals surface area contributed by atoms with Gasteiger partial charge < -0.3 is 10.6 Å². The fraction of sp³-hybridized carbons (Fsp3) is 0.0952. The van der Waals surface area contributed by atoms with Gasteiger partial charge in [-0.15, -0.1) is 11.3 Å². The number of thiophene rings is 1. The number of ketones is 1. The molecule has 0 fully saturated rings. The van der Waals surface area contributed by atoms with E-state index in [1.54, 1.807) is 36.4 Å². The van der Waals surface area contributed by atoms with Gasteiger partial charge in [-0.05, 0) is 36.4 Å². The first-order valence-corrected chi connectivity index (χ1v) is 9.50. The second kappa shape index (κ2) is 8.91. The number of hydrogen-bond acceptors (Lipinski definition) is 4. The Morgan fingerprint density at radius 1 is 0.833 bits per heavy atom. The summed E-state index contributed by atoms with van der Waals surface area (Å²) in [6.07, 6.45) is -4.48. The fourth-order valence-electron chi connectivity index (χ4n) is 2.50. The molecule has 0 spiro atoms. The maximum atomic E-state index is 12.5. The highest BCUT2D eigenvalue weighted by atomic mass is 32.1. The molecule has 1 heterocycles. The smallest absolute Gasteiger partial charge is 0.343 e. The van der Waals surface area contributed by atoms with Crippen LogP contribution >= 0.6 is 11.3 Å². The maximum absolute atomic E-state index is 12.5. The van der Waals surface area contributed by atoms with E-state index in [1.807, 2.05) is 6.07 Å². The molecule has 0 bridgehead atoms. The number of benzene rings is 2. The van der Waals surface area contributed by atoms with Crippen molar-refractivity contribution in [3.63, 3.8) is 0 Å². The monoisotopic (exact) mass is 432 g/mol. The highest BCUT2D eigenvalue weighted by molar-refractivity contribution is 7.14. The van der Waals surface area contributed by atoms with Gasteiger partial charge >= 0.3 is 18.0 Å². The van der Waals surface area contributed by atoms with Gasteiger partial charge in [-0.1, -0.05) is 30.3 Å². The third-order valence-corrected chi connectivity index (χ3v) is 5.10. The summed E-state index contributed by atoms with van der Waals surface area (Å²) in [6.45, 7) is 0.0337. The predicted molar refractivity (Wildman–Crippen MR) is 106 cm³/mol. The molecule has 0 aliphatic carbocycles. The Bertz CT molecular complexity index is 1060. The molecule has 2 amide bonds. The first-order chi connectivity index (χ1) is 14.2. The minimum atomic E-state index is -4.48. The summed E-state index contributed by atoms with van der Waals surface area (Å²) in [5.41, 5.74) is -0.246. The van der Waals surface area contributed by atoms with Crippen LogP contribution in [0.1, 0.15) is 25.7 Å². The number of rotatable bonds is 5. The number of amides is 2. The van der Waals surface area contributed by atoms with Crippen LogP contribution < -0.4 is 10.6 Å². The zero-order valence-electron chi connectivity index (χ0n) is 15.3. The summed E-state index contributed by atoms with van der Waals surface area (Å²) >= 11 is 1.19. The normalized spacial score (nSPS) is 11.0. The van der Waals surface area contributed by atoms with Crippen molar-refractivity contribution in [2.75, 3.05) is 5.32 Å². The van der Waals surface area contributed by atoms with Gasteiger partial charge in [0.1, 0.15) is 0 Å². The Morgan fingerprint density at radius 3 is 2.13 bits per heavy atom. The highest BCUT2D eigenvalue weighted by Crippen LogP contribution is 2.29. The lowest BCUT2D eigenvalue weighted by molar-refractivity contribution is -0.137. The Labute approximate surface area is 173 Å². The van der Waals surface area contributed by atoms with Crippen molar-refractivity contribution in [1.82, 2.24) is 5.32 Å². The molecule has 0 saturated heterocycles. The summed E-state index contributed by atoms with van der Waals surface area (Å²) in [4.78, 5) is 37.4.